The Morgan fingerprint density at radius 3 is 2.54 bits per heavy atom. The second-order valence-corrected chi connectivity index (χ2v) is 5.97. The highest BCUT2D eigenvalue weighted by molar-refractivity contribution is 5.92. The van der Waals surface area contributed by atoms with Gasteiger partial charge in [0.1, 0.15) is 17.3 Å². The summed E-state index contributed by atoms with van der Waals surface area (Å²) in [5, 5.41) is 14.0. The van der Waals surface area contributed by atoms with Crippen molar-refractivity contribution in [2.75, 3.05) is 0 Å². The van der Waals surface area contributed by atoms with Crippen LogP contribution in [0.1, 0.15) is 28.5 Å². The van der Waals surface area contributed by atoms with Crippen LogP contribution in [0.15, 0.2) is 59.4 Å². The number of carbonyl (C=O) groups excluding carboxylic acids is 1. The largest absolute Gasteiger partial charge is 0.481 e. The average molecular weight is 387 g/mol. The first-order chi connectivity index (χ1) is 13.3. The molecule has 2 aromatic carbocycles. The summed E-state index contributed by atoms with van der Waals surface area (Å²) in [7, 11) is 0. The van der Waals surface area contributed by atoms with Gasteiger partial charge >= 0.3 is 5.97 Å². The molecule has 1 heterocycles. The molecule has 0 saturated carbocycles. The molecule has 0 fully saturated rings. The predicted molar refractivity (Wildman–Crippen MR) is 95.2 cm³/mol. The van der Waals surface area contributed by atoms with Crippen LogP contribution in [0.25, 0.3) is 5.69 Å². The van der Waals surface area contributed by atoms with Crippen molar-refractivity contribution in [1.82, 2.24) is 15.1 Å². The van der Waals surface area contributed by atoms with Crippen molar-refractivity contribution in [2.24, 2.45) is 0 Å². The smallest absolute Gasteiger partial charge is 0.305 e. The number of nitrogens with zero attached hydrogens (tertiary/aromatic N) is 1. The fourth-order valence-corrected chi connectivity index (χ4v) is 2.73. The lowest BCUT2D eigenvalue weighted by atomic mass is 10.0. The van der Waals surface area contributed by atoms with Crippen LogP contribution in [0.2, 0.25) is 0 Å². The molecule has 28 heavy (non-hydrogen) atoms. The fraction of sp³-hybridized carbons (Fsp3) is 0.105. The summed E-state index contributed by atoms with van der Waals surface area (Å²) < 4.78 is 28.4. The van der Waals surface area contributed by atoms with E-state index in [-0.39, 0.29) is 16.9 Å². The molecule has 1 atom stereocenters. The zero-order chi connectivity index (χ0) is 20.3. The number of aromatic amines is 1. The minimum atomic E-state index is -1.24. The first-order valence-electron chi connectivity index (χ1n) is 8.20. The van der Waals surface area contributed by atoms with Crippen LogP contribution in [0.5, 0.6) is 0 Å². The number of halogens is 2. The molecule has 3 rings (SSSR count). The molecule has 7 nitrogen and oxygen atoms in total. The van der Waals surface area contributed by atoms with Crippen molar-refractivity contribution in [1.29, 1.82) is 0 Å². The molecule has 0 bridgehead atoms. The summed E-state index contributed by atoms with van der Waals surface area (Å²) in [4.78, 5) is 35.7. The van der Waals surface area contributed by atoms with E-state index in [0.29, 0.717) is 0 Å². The lowest BCUT2D eigenvalue weighted by Crippen LogP contribution is -2.31. The van der Waals surface area contributed by atoms with Gasteiger partial charge in [0, 0.05) is 11.6 Å². The lowest BCUT2D eigenvalue weighted by molar-refractivity contribution is -0.137. The highest BCUT2D eigenvalue weighted by atomic mass is 19.1. The van der Waals surface area contributed by atoms with E-state index in [1.165, 1.54) is 36.4 Å². The number of aliphatic carboxylic acids is 1. The van der Waals surface area contributed by atoms with E-state index in [2.05, 4.69) is 10.4 Å². The number of hydrogen-bond acceptors (Lipinski definition) is 3. The van der Waals surface area contributed by atoms with Gasteiger partial charge in [0.2, 0.25) is 0 Å². The Morgan fingerprint density at radius 1 is 1.11 bits per heavy atom. The van der Waals surface area contributed by atoms with E-state index in [4.69, 9.17) is 5.11 Å². The van der Waals surface area contributed by atoms with Crippen LogP contribution in [0.3, 0.4) is 0 Å². The maximum Gasteiger partial charge on any atom is 0.305 e. The van der Waals surface area contributed by atoms with Gasteiger partial charge < -0.3 is 10.4 Å². The maximum absolute atomic E-state index is 14.0. The summed E-state index contributed by atoms with van der Waals surface area (Å²) in [6.07, 6.45) is -0.554. The average Bonchev–Trinajstić information content (AvgIpc) is 3.03. The number of amides is 1. The number of carboxylic acid groups (broad SMARTS) is 1. The number of rotatable bonds is 6. The highest BCUT2D eigenvalue weighted by Gasteiger charge is 2.23. The molecule has 0 aliphatic heterocycles. The number of aromatic nitrogens is 2. The van der Waals surface area contributed by atoms with Gasteiger partial charge in [0.25, 0.3) is 11.5 Å². The van der Waals surface area contributed by atoms with Gasteiger partial charge in [-0.15, -0.1) is 0 Å². The molecule has 1 unspecified atom stereocenters. The van der Waals surface area contributed by atoms with Crippen LogP contribution in [-0.4, -0.2) is 26.8 Å². The Bertz CT molecular complexity index is 1090. The number of benzene rings is 2. The Kier molecular flexibility index (Phi) is 5.35. The predicted octanol–water partition coefficient (Wildman–Crippen LogP) is 2.39. The maximum atomic E-state index is 14.0. The molecule has 1 amide bonds. The second-order valence-electron chi connectivity index (χ2n) is 5.97. The number of carbonyl (C=O) groups is 2. The van der Waals surface area contributed by atoms with Crippen molar-refractivity contribution in [3.63, 3.8) is 0 Å². The molecule has 0 radical (unpaired) electrons. The van der Waals surface area contributed by atoms with Crippen molar-refractivity contribution in [2.45, 2.75) is 12.5 Å². The summed E-state index contributed by atoms with van der Waals surface area (Å²) >= 11 is 0. The molecule has 3 aromatic rings. The summed E-state index contributed by atoms with van der Waals surface area (Å²) in [6, 6.07) is 10.5. The molecule has 9 heteroatoms. The first kappa shape index (κ1) is 19.0. The van der Waals surface area contributed by atoms with Crippen LogP contribution in [0, 0.1) is 11.6 Å². The van der Waals surface area contributed by atoms with E-state index in [9.17, 15) is 23.2 Å². The summed E-state index contributed by atoms with van der Waals surface area (Å²) in [5.74, 6) is -3.27. The molecular weight excluding hydrogens is 372 g/mol. The van der Waals surface area contributed by atoms with Crippen molar-refractivity contribution in [3.05, 3.63) is 87.8 Å². The van der Waals surface area contributed by atoms with Crippen LogP contribution < -0.4 is 10.9 Å². The topological polar surface area (TPSA) is 104 Å². The SMILES string of the molecule is O=C(O)CC(NC(=O)c1cc(=O)n(-c2cccc(F)c2)[nH]1)c1ccccc1F. The Morgan fingerprint density at radius 2 is 1.86 bits per heavy atom. The normalized spacial score (nSPS) is 11.8. The molecule has 0 spiro atoms. The Hall–Kier alpha value is -3.75. The minimum absolute atomic E-state index is 0.00478. The van der Waals surface area contributed by atoms with E-state index in [1.807, 2.05) is 0 Å². The van der Waals surface area contributed by atoms with Crippen molar-refractivity contribution >= 4 is 11.9 Å². The van der Waals surface area contributed by atoms with E-state index in [0.717, 1.165) is 22.9 Å². The van der Waals surface area contributed by atoms with Gasteiger partial charge in [-0.2, -0.15) is 0 Å². The molecule has 0 aliphatic carbocycles. The van der Waals surface area contributed by atoms with Crippen molar-refractivity contribution in [3.8, 4) is 5.69 Å². The number of H-pyrrole nitrogens is 1. The quantitative estimate of drug-likeness (QED) is 0.604. The van der Waals surface area contributed by atoms with Gasteiger partial charge in [0.15, 0.2) is 0 Å². The van der Waals surface area contributed by atoms with Crippen LogP contribution >= 0.6 is 0 Å². The Balaban J connectivity index is 1.89. The van der Waals surface area contributed by atoms with Gasteiger partial charge in [-0.3, -0.25) is 19.5 Å². The third-order valence-corrected chi connectivity index (χ3v) is 4.00. The third-order valence-electron chi connectivity index (χ3n) is 4.00. The number of carboxylic acids is 1. The first-order valence-corrected chi connectivity index (χ1v) is 8.20. The van der Waals surface area contributed by atoms with Crippen molar-refractivity contribution < 1.29 is 23.5 Å². The van der Waals surface area contributed by atoms with E-state index in [1.54, 1.807) is 0 Å². The molecule has 0 saturated heterocycles. The minimum Gasteiger partial charge on any atom is -0.481 e. The molecular formula is C19H15F2N3O4. The second kappa shape index (κ2) is 7.87. The third kappa shape index (κ3) is 4.14. The van der Waals surface area contributed by atoms with E-state index >= 15 is 0 Å². The van der Waals surface area contributed by atoms with Crippen LogP contribution in [0.4, 0.5) is 8.78 Å². The summed E-state index contributed by atoms with van der Waals surface area (Å²) in [5.41, 5.74) is -0.609. The van der Waals surface area contributed by atoms with Crippen LogP contribution in [-0.2, 0) is 4.79 Å². The zero-order valence-corrected chi connectivity index (χ0v) is 14.4. The van der Waals surface area contributed by atoms with Gasteiger partial charge in [-0.25, -0.2) is 13.5 Å². The van der Waals surface area contributed by atoms with E-state index < -0.39 is 41.5 Å². The number of nitrogens with one attached hydrogen (secondary N) is 2. The lowest BCUT2D eigenvalue weighted by Gasteiger charge is -2.17. The molecule has 1 aromatic heterocycles. The number of hydrogen-bond donors (Lipinski definition) is 3. The van der Waals surface area contributed by atoms with Gasteiger partial charge in [-0.1, -0.05) is 24.3 Å². The standard InChI is InChI=1S/C19H15F2N3O4/c20-11-4-3-5-12(8-11)24-17(25)9-16(23-24)19(28)22-15(10-18(26)27)13-6-1-2-7-14(13)21/h1-9,15,23H,10H2,(H,22,28)(H,26,27). The molecule has 0 aliphatic rings. The molecule has 3 N–H and O–H groups in total. The summed E-state index contributed by atoms with van der Waals surface area (Å²) in [6.45, 7) is 0. The molecule has 144 valence electrons. The van der Waals surface area contributed by atoms with Gasteiger partial charge in [0.05, 0.1) is 18.2 Å². The Labute approximate surface area is 157 Å². The monoisotopic (exact) mass is 387 g/mol. The van der Waals surface area contributed by atoms with Gasteiger partial charge in [-0.05, 0) is 24.3 Å². The zero-order valence-electron chi connectivity index (χ0n) is 14.4. The highest BCUT2D eigenvalue weighted by Crippen LogP contribution is 2.20. The fourth-order valence-electron chi connectivity index (χ4n) is 2.73.